The quantitative estimate of drug-likeness (QED) is 0.572. The highest BCUT2D eigenvalue weighted by Crippen LogP contribution is 2.47. The van der Waals surface area contributed by atoms with Crippen molar-refractivity contribution in [3.05, 3.63) is 71.4 Å². The summed E-state index contributed by atoms with van der Waals surface area (Å²) in [4.78, 5) is 0. The number of hydrogen-bond donors (Lipinski definition) is 2. The standard InChI is InChI=1S/C23H29NO3S/c1-3-23(2,16-9-17-28(25,26)27)22-20-13-8-7-10-18(20)14-15-21(22)24-19-11-5-4-6-12-19/h4-8,10-13,24H,3,9,14-17H2,1-2H3,(H,25,26,27). The Balaban J connectivity index is 2.02. The molecule has 0 bridgehead atoms. The van der Waals surface area contributed by atoms with Gasteiger partial charge in [0.2, 0.25) is 0 Å². The zero-order chi connectivity index (χ0) is 20.2. The van der Waals surface area contributed by atoms with Crippen LogP contribution in [0.5, 0.6) is 0 Å². The summed E-state index contributed by atoms with van der Waals surface area (Å²) in [6.45, 7) is 4.36. The van der Waals surface area contributed by atoms with E-state index >= 15 is 0 Å². The van der Waals surface area contributed by atoms with Gasteiger partial charge in [-0.2, -0.15) is 8.42 Å². The minimum Gasteiger partial charge on any atom is -0.359 e. The molecule has 28 heavy (non-hydrogen) atoms. The number of aryl methyl sites for hydroxylation is 1. The van der Waals surface area contributed by atoms with Gasteiger partial charge in [0.05, 0.1) is 5.75 Å². The lowest BCUT2D eigenvalue weighted by Crippen LogP contribution is -2.25. The van der Waals surface area contributed by atoms with E-state index < -0.39 is 10.1 Å². The molecule has 0 fully saturated rings. The maximum absolute atomic E-state index is 11.2. The van der Waals surface area contributed by atoms with E-state index in [1.807, 2.05) is 18.2 Å². The van der Waals surface area contributed by atoms with Gasteiger partial charge >= 0.3 is 0 Å². The monoisotopic (exact) mass is 399 g/mol. The fraction of sp³-hybridized carbons (Fsp3) is 0.391. The first-order valence-electron chi connectivity index (χ1n) is 9.91. The molecule has 2 aromatic rings. The van der Waals surface area contributed by atoms with Crippen LogP contribution in [0.3, 0.4) is 0 Å². The van der Waals surface area contributed by atoms with Crippen LogP contribution in [0.4, 0.5) is 5.69 Å². The van der Waals surface area contributed by atoms with Crippen molar-refractivity contribution in [1.82, 2.24) is 0 Å². The minimum absolute atomic E-state index is 0.182. The summed E-state index contributed by atoms with van der Waals surface area (Å²) in [5.74, 6) is -0.195. The van der Waals surface area contributed by atoms with Crippen LogP contribution >= 0.6 is 0 Å². The molecule has 150 valence electrons. The molecule has 0 radical (unpaired) electrons. The molecule has 4 nitrogen and oxygen atoms in total. The zero-order valence-corrected chi connectivity index (χ0v) is 17.4. The van der Waals surface area contributed by atoms with E-state index in [1.54, 1.807) is 0 Å². The molecule has 5 heteroatoms. The number of nitrogens with one attached hydrogen (secondary N) is 1. The second-order valence-electron chi connectivity index (χ2n) is 7.81. The van der Waals surface area contributed by atoms with Crippen molar-refractivity contribution in [3.63, 3.8) is 0 Å². The normalized spacial score (nSPS) is 16.4. The molecule has 0 saturated heterocycles. The number of hydrogen-bond acceptors (Lipinski definition) is 3. The van der Waals surface area contributed by atoms with E-state index in [2.05, 4.69) is 55.6 Å². The maximum Gasteiger partial charge on any atom is 0.264 e. The molecule has 1 aliphatic carbocycles. The van der Waals surface area contributed by atoms with Crippen LogP contribution in [0.1, 0.15) is 50.7 Å². The Bertz CT molecular complexity index is 951. The van der Waals surface area contributed by atoms with Gasteiger partial charge in [0, 0.05) is 11.4 Å². The predicted molar refractivity (Wildman–Crippen MR) is 116 cm³/mol. The van der Waals surface area contributed by atoms with Crippen LogP contribution in [-0.4, -0.2) is 18.7 Å². The van der Waals surface area contributed by atoms with Gasteiger partial charge in [-0.1, -0.05) is 56.3 Å². The molecule has 0 saturated carbocycles. The summed E-state index contributed by atoms with van der Waals surface area (Å²) in [6.07, 6.45) is 3.94. The van der Waals surface area contributed by atoms with Crippen LogP contribution in [-0.2, 0) is 16.5 Å². The summed E-state index contributed by atoms with van der Waals surface area (Å²) >= 11 is 0. The molecule has 1 unspecified atom stereocenters. The van der Waals surface area contributed by atoms with Crippen LogP contribution < -0.4 is 5.32 Å². The SMILES string of the molecule is CCC(C)(CCCS(=O)(=O)O)C1=C(Nc2ccccc2)CCc2ccccc21. The third-order valence-corrected chi connectivity index (χ3v) is 6.62. The third kappa shape index (κ3) is 4.83. The minimum atomic E-state index is -3.94. The average Bonchev–Trinajstić information content (AvgIpc) is 2.67. The van der Waals surface area contributed by atoms with Crippen molar-refractivity contribution in [3.8, 4) is 0 Å². The average molecular weight is 400 g/mol. The Hall–Kier alpha value is -2.11. The lowest BCUT2D eigenvalue weighted by Gasteiger charge is -2.37. The van der Waals surface area contributed by atoms with Crippen LogP contribution in [0.2, 0.25) is 0 Å². The highest BCUT2D eigenvalue weighted by Gasteiger charge is 2.34. The topological polar surface area (TPSA) is 66.4 Å². The number of anilines is 1. The van der Waals surface area contributed by atoms with Gasteiger partial charge in [-0.3, -0.25) is 4.55 Å². The number of benzene rings is 2. The molecule has 3 rings (SSSR count). The second-order valence-corrected chi connectivity index (χ2v) is 9.38. The van der Waals surface area contributed by atoms with Gasteiger partial charge in [0.1, 0.15) is 0 Å². The molecule has 0 heterocycles. The van der Waals surface area contributed by atoms with Gasteiger partial charge in [-0.25, -0.2) is 0 Å². The van der Waals surface area contributed by atoms with Gasteiger partial charge in [0.25, 0.3) is 10.1 Å². The highest BCUT2D eigenvalue weighted by molar-refractivity contribution is 7.85. The lowest BCUT2D eigenvalue weighted by molar-refractivity contribution is 0.383. The second kappa shape index (κ2) is 8.50. The zero-order valence-electron chi connectivity index (χ0n) is 16.6. The molecule has 1 aliphatic rings. The fourth-order valence-corrected chi connectivity index (χ4v) is 4.67. The molecule has 2 N–H and O–H groups in total. The van der Waals surface area contributed by atoms with Crippen LogP contribution in [0, 0.1) is 5.41 Å². The Morgan fingerprint density at radius 1 is 1.04 bits per heavy atom. The fourth-order valence-electron chi connectivity index (χ4n) is 4.16. The van der Waals surface area contributed by atoms with Crippen molar-refractivity contribution in [2.45, 2.75) is 46.0 Å². The van der Waals surface area contributed by atoms with Crippen LogP contribution in [0.25, 0.3) is 5.57 Å². The molecule has 0 amide bonds. The summed E-state index contributed by atoms with van der Waals surface area (Å²) in [5, 5.41) is 3.63. The van der Waals surface area contributed by atoms with E-state index in [-0.39, 0.29) is 11.2 Å². The third-order valence-electron chi connectivity index (χ3n) is 5.82. The Morgan fingerprint density at radius 3 is 2.39 bits per heavy atom. The number of allylic oxidation sites excluding steroid dienone is 2. The van der Waals surface area contributed by atoms with E-state index in [4.69, 9.17) is 4.55 Å². The first kappa shape index (κ1) is 20.6. The predicted octanol–water partition coefficient (Wildman–Crippen LogP) is 5.54. The summed E-state index contributed by atoms with van der Waals surface area (Å²) in [5.41, 5.74) is 5.95. The largest absolute Gasteiger partial charge is 0.359 e. The van der Waals surface area contributed by atoms with Gasteiger partial charge in [0.15, 0.2) is 0 Å². The summed E-state index contributed by atoms with van der Waals surface area (Å²) in [7, 11) is -3.94. The van der Waals surface area contributed by atoms with Crippen molar-refractivity contribution in [2.75, 3.05) is 11.1 Å². The Kier molecular flexibility index (Phi) is 6.26. The lowest BCUT2D eigenvalue weighted by atomic mass is 9.69. The number of rotatable bonds is 8. The molecule has 0 spiro atoms. The summed E-state index contributed by atoms with van der Waals surface area (Å²) < 4.78 is 31.6. The summed E-state index contributed by atoms with van der Waals surface area (Å²) in [6, 6.07) is 18.7. The molecular weight excluding hydrogens is 370 g/mol. The Labute approximate surface area is 168 Å². The maximum atomic E-state index is 11.2. The van der Waals surface area contributed by atoms with Crippen molar-refractivity contribution in [2.24, 2.45) is 5.41 Å². The number of fused-ring (bicyclic) bond motifs is 1. The highest BCUT2D eigenvalue weighted by atomic mass is 32.2. The van der Waals surface area contributed by atoms with E-state index in [1.165, 1.54) is 22.4 Å². The van der Waals surface area contributed by atoms with Gasteiger partial charge < -0.3 is 5.32 Å². The molecule has 1 atom stereocenters. The smallest absolute Gasteiger partial charge is 0.264 e. The Morgan fingerprint density at radius 2 is 1.71 bits per heavy atom. The van der Waals surface area contributed by atoms with Crippen molar-refractivity contribution in [1.29, 1.82) is 0 Å². The van der Waals surface area contributed by atoms with Crippen LogP contribution in [0.15, 0.2) is 60.3 Å². The van der Waals surface area contributed by atoms with Gasteiger partial charge in [-0.15, -0.1) is 0 Å². The van der Waals surface area contributed by atoms with Crippen molar-refractivity contribution >= 4 is 21.4 Å². The van der Waals surface area contributed by atoms with E-state index in [0.717, 1.165) is 24.9 Å². The molecular formula is C23H29NO3S. The molecule has 0 aromatic heterocycles. The van der Waals surface area contributed by atoms with Crippen molar-refractivity contribution < 1.29 is 13.0 Å². The molecule has 0 aliphatic heterocycles. The first-order valence-corrected chi connectivity index (χ1v) is 11.5. The van der Waals surface area contributed by atoms with E-state index in [9.17, 15) is 8.42 Å². The first-order chi connectivity index (χ1) is 13.3. The van der Waals surface area contributed by atoms with Gasteiger partial charge in [-0.05, 0) is 66.4 Å². The molecule has 2 aromatic carbocycles. The number of para-hydroxylation sites is 1. The van der Waals surface area contributed by atoms with E-state index in [0.29, 0.717) is 12.8 Å².